The van der Waals surface area contributed by atoms with Gasteiger partial charge < -0.3 is 4.52 Å². The Morgan fingerprint density at radius 2 is 1.62 bits per heavy atom. The van der Waals surface area contributed by atoms with Gasteiger partial charge in [0.15, 0.2) is 0 Å². The molecule has 4 saturated carbocycles. The average molecular weight is 260 g/mol. The van der Waals surface area contributed by atoms with E-state index in [2.05, 4.69) is 12.2 Å². The van der Waals surface area contributed by atoms with E-state index in [4.69, 9.17) is 4.52 Å². The first-order valence-corrected chi connectivity index (χ1v) is 9.61. The summed E-state index contributed by atoms with van der Waals surface area (Å²) >= 11 is 4.04. The summed E-state index contributed by atoms with van der Waals surface area (Å²) in [5.41, 5.74) is 0.364. The highest BCUT2D eigenvalue weighted by Gasteiger charge is 2.51. The topological polar surface area (TPSA) is 26.3 Å². The van der Waals surface area contributed by atoms with Crippen LogP contribution in [0.2, 0.25) is 0 Å². The fourth-order valence-corrected chi connectivity index (χ4v) is 5.41. The normalized spacial score (nSPS) is 49.2. The van der Waals surface area contributed by atoms with Crippen molar-refractivity contribution in [2.24, 2.45) is 23.2 Å². The Kier molecular flexibility index (Phi) is 2.73. The first-order chi connectivity index (χ1) is 7.44. The summed E-state index contributed by atoms with van der Waals surface area (Å²) in [6.07, 6.45) is 8.28. The van der Waals surface area contributed by atoms with E-state index in [-0.39, 0.29) is 0 Å². The molecule has 1 atom stereocenters. The molecule has 0 radical (unpaired) electrons. The average Bonchev–Trinajstić information content (AvgIpc) is 2.11. The molecule has 0 saturated heterocycles. The third kappa shape index (κ3) is 2.23. The molecule has 0 aromatic heterocycles. The highest BCUT2D eigenvalue weighted by atomic mass is 32.7. The summed E-state index contributed by atoms with van der Waals surface area (Å²) in [6, 6.07) is 0. The second-order valence-corrected chi connectivity index (χ2v) is 10.5. The minimum Gasteiger partial charge on any atom is -0.321 e. The Balaban J connectivity index is 1.71. The molecule has 0 aromatic rings. The quantitative estimate of drug-likeness (QED) is 0.614. The van der Waals surface area contributed by atoms with E-state index in [9.17, 15) is 4.57 Å². The predicted octanol–water partition coefficient (Wildman–Crippen LogP) is 3.97. The van der Waals surface area contributed by atoms with Gasteiger partial charge in [0.05, 0.1) is 6.61 Å². The van der Waals surface area contributed by atoms with Gasteiger partial charge in [-0.15, -0.1) is 0 Å². The molecule has 4 bridgehead atoms. The van der Waals surface area contributed by atoms with Crippen LogP contribution in [0.3, 0.4) is 0 Å². The van der Waals surface area contributed by atoms with Crippen molar-refractivity contribution < 1.29 is 9.09 Å². The minimum atomic E-state index is -2.59. The molecule has 0 spiro atoms. The summed E-state index contributed by atoms with van der Waals surface area (Å²) < 4.78 is 17.1. The molecule has 0 aromatic carbocycles. The zero-order chi connectivity index (χ0) is 11.4. The predicted molar refractivity (Wildman–Crippen MR) is 69.1 cm³/mol. The Hall–Kier alpha value is 0.540. The second-order valence-electron chi connectivity index (χ2n) is 6.49. The molecule has 0 amide bonds. The van der Waals surface area contributed by atoms with Crippen molar-refractivity contribution in [3.05, 3.63) is 0 Å². The summed E-state index contributed by atoms with van der Waals surface area (Å²) in [6.45, 7) is -0.298. The molecule has 92 valence electrons. The van der Waals surface area contributed by atoms with Crippen molar-refractivity contribution >= 4 is 18.8 Å². The largest absolute Gasteiger partial charge is 0.321 e. The van der Waals surface area contributed by atoms with E-state index in [1.165, 1.54) is 38.5 Å². The summed E-state index contributed by atoms with van der Waals surface area (Å²) in [7, 11) is 0. The van der Waals surface area contributed by atoms with Crippen molar-refractivity contribution in [3.63, 3.8) is 0 Å². The molecule has 4 rings (SSSR count). The summed E-state index contributed by atoms with van der Waals surface area (Å²) in [4.78, 5) is 0. The first-order valence-electron chi connectivity index (χ1n) is 6.39. The molecular formula is C12H21O2PS. The van der Waals surface area contributed by atoms with E-state index in [0.717, 1.165) is 17.8 Å². The molecule has 4 aliphatic rings. The fourth-order valence-electron chi connectivity index (χ4n) is 4.72. The molecule has 4 fully saturated rings. The highest BCUT2D eigenvalue weighted by Crippen LogP contribution is 2.61. The molecule has 16 heavy (non-hydrogen) atoms. The monoisotopic (exact) mass is 260 g/mol. The fraction of sp³-hybridized carbons (Fsp3) is 1.00. The first kappa shape index (κ1) is 11.6. The zero-order valence-electron chi connectivity index (χ0n) is 9.89. The van der Waals surface area contributed by atoms with E-state index in [1.807, 2.05) is 0 Å². The Morgan fingerprint density at radius 3 is 2.00 bits per heavy atom. The van der Waals surface area contributed by atoms with Gasteiger partial charge in [0.2, 0.25) is 0 Å². The lowest BCUT2D eigenvalue weighted by molar-refractivity contribution is -0.0735. The van der Waals surface area contributed by atoms with Crippen LogP contribution in [-0.4, -0.2) is 13.3 Å². The molecule has 2 nitrogen and oxygen atoms in total. The van der Waals surface area contributed by atoms with Gasteiger partial charge in [-0.1, -0.05) is 12.2 Å². The van der Waals surface area contributed by atoms with Gasteiger partial charge in [0.1, 0.15) is 0 Å². The van der Waals surface area contributed by atoms with Gasteiger partial charge in [-0.3, -0.25) is 4.57 Å². The van der Waals surface area contributed by atoms with Crippen LogP contribution in [0.5, 0.6) is 0 Å². The second kappa shape index (κ2) is 3.76. The smallest absolute Gasteiger partial charge is 0.251 e. The highest BCUT2D eigenvalue weighted by molar-refractivity contribution is 8.46. The van der Waals surface area contributed by atoms with Crippen LogP contribution in [0.15, 0.2) is 0 Å². The van der Waals surface area contributed by atoms with Gasteiger partial charge >= 0.3 is 0 Å². The van der Waals surface area contributed by atoms with Gasteiger partial charge in [-0.25, -0.2) is 0 Å². The number of hydrogen-bond donors (Lipinski definition) is 1. The van der Waals surface area contributed by atoms with E-state index in [0.29, 0.717) is 12.0 Å². The van der Waals surface area contributed by atoms with Gasteiger partial charge in [0, 0.05) is 6.66 Å². The van der Waals surface area contributed by atoms with Crippen LogP contribution >= 0.6 is 18.8 Å². The van der Waals surface area contributed by atoms with Crippen LogP contribution in [0.1, 0.15) is 38.5 Å². The maximum atomic E-state index is 11.5. The summed E-state index contributed by atoms with van der Waals surface area (Å²) in [5, 5.41) is 0. The Bertz CT molecular complexity index is 301. The standard InChI is InChI=1S/C12H21O2PS/c1-15(13,16)14-8-12-5-9-2-10(6-12)4-11(3-9)7-12/h9-11H,2-8H2,1H3,(H,13,16)/t9-,10+,11?,12?,15-/m0/s1. The maximum absolute atomic E-state index is 11.5. The summed E-state index contributed by atoms with van der Waals surface area (Å²) in [5.74, 6) is 2.81. The number of hydrogen-bond acceptors (Lipinski definition) is 2. The number of rotatable bonds is 3. The zero-order valence-corrected chi connectivity index (χ0v) is 11.7. The van der Waals surface area contributed by atoms with Gasteiger partial charge in [-0.05, 0) is 61.7 Å². The Morgan fingerprint density at radius 1 is 1.19 bits per heavy atom. The van der Waals surface area contributed by atoms with Crippen LogP contribution in [0, 0.1) is 23.2 Å². The van der Waals surface area contributed by atoms with Crippen LogP contribution in [0.25, 0.3) is 0 Å². The molecule has 0 unspecified atom stereocenters. The molecule has 4 heteroatoms. The Labute approximate surface area is 103 Å². The van der Waals surface area contributed by atoms with Crippen LogP contribution in [-0.2, 0) is 9.09 Å². The SMILES string of the molecule is C[P@@](=O)(S)OCC12CC3C[C@H](C1)C[C@@H](C3)C2. The van der Waals surface area contributed by atoms with Gasteiger partial charge in [-0.2, -0.15) is 0 Å². The maximum Gasteiger partial charge on any atom is 0.251 e. The lowest BCUT2D eigenvalue weighted by atomic mass is 9.50. The van der Waals surface area contributed by atoms with Gasteiger partial charge in [0.25, 0.3) is 6.57 Å². The van der Waals surface area contributed by atoms with Crippen molar-refractivity contribution in [2.75, 3.05) is 13.3 Å². The third-order valence-electron chi connectivity index (χ3n) is 4.78. The minimum absolute atomic E-state index is 0.364. The van der Waals surface area contributed by atoms with Crippen LogP contribution in [0.4, 0.5) is 0 Å². The number of thiol groups is 1. The molecule has 4 aliphatic carbocycles. The van der Waals surface area contributed by atoms with Crippen molar-refractivity contribution in [1.82, 2.24) is 0 Å². The van der Waals surface area contributed by atoms with Crippen LogP contribution < -0.4 is 0 Å². The lowest BCUT2D eigenvalue weighted by Crippen LogP contribution is -2.48. The molecule has 0 heterocycles. The molecular weight excluding hydrogens is 239 g/mol. The third-order valence-corrected chi connectivity index (χ3v) is 5.73. The molecule has 0 aliphatic heterocycles. The van der Waals surface area contributed by atoms with E-state index >= 15 is 0 Å². The van der Waals surface area contributed by atoms with Crippen molar-refractivity contribution in [1.29, 1.82) is 0 Å². The van der Waals surface area contributed by atoms with Crippen molar-refractivity contribution in [3.8, 4) is 0 Å². The van der Waals surface area contributed by atoms with E-state index < -0.39 is 6.57 Å². The molecule has 0 N–H and O–H groups in total. The van der Waals surface area contributed by atoms with Crippen molar-refractivity contribution in [2.45, 2.75) is 38.5 Å². The lowest BCUT2D eigenvalue weighted by Gasteiger charge is -2.56. The van der Waals surface area contributed by atoms with E-state index in [1.54, 1.807) is 6.66 Å².